The Hall–Kier alpha value is -3.91. The molecule has 1 amide bonds. The van der Waals surface area contributed by atoms with Gasteiger partial charge in [0, 0.05) is 23.1 Å². The molecule has 8 heteroatoms. The van der Waals surface area contributed by atoms with Crippen molar-refractivity contribution >= 4 is 22.4 Å². The summed E-state index contributed by atoms with van der Waals surface area (Å²) in [7, 11) is 1.54. The Morgan fingerprint density at radius 3 is 2.65 bits per heavy atom. The Morgan fingerprint density at radius 2 is 1.97 bits per heavy atom. The number of aryl methyl sites for hydroxylation is 2. The Kier molecular flexibility index (Phi) is 7.08. The minimum Gasteiger partial charge on any atom is -0.493 e. The summed E-state index contributed by atoms with van der Waals surface area (Å²) >= 11 is 1.41. The van der Waals surface area contributed by atoms with Crippen LogP contribution in [-0.4, -0.2) is 29.7 Å². The van der Waals surface area contributed by atoms with Gasteiger partial charge < -0.3 is 14.0 Å². The standard InChI is InChI=1S/C26H25N3O4S/c1-5-13-29(26-27-22(16-34-26)19-9-7-6-8-10-19)25(30)20-11-12-23(24(14-20)31-4)32-15-21-17(2)28-33-18(21)3/h5-12,14,16H,1,13,15H2,2-4H3. The van der Waals surface area contributed by atoms with Crippen LogP contribution in [0.3, 0.4) is 0 Å². The molecule has 2 aromatic heterocycles. The van der Waals surface area contributed by atoms with E-state index in [0.29, 0.717) is 34.5 Å². The molecule has 0 saturated carbocycles. The number of nitrogens with zero attached hydrogens (tertiary/aromatic N) is 3. The van der Waals surface area contributed by atoms with Crippen LogP contribution < -0.4 is 14.4 Å². The first-order chi connectivity index (χ1) is 16.5. The highest BCUT2D eigenvalue weighted by atomic mass is 32.1. The second-order valence-corrected chi connectivity index (χ2v) is 8.38. The molecular formula is C26H25N3O4S. The average Bonchev–Trinajstić information content (AvgIpc) is 3.48. The average molecular weight is 476 g/mol. The Bertz CT molecular complexity index is 1280. The summed E-state index contributed by atoms with van der Waals surface area (Å²) in [4.78, 5) is 19.7. The number of anilines is 1. The minimum atomic E-state index is -0.204. The van der Waals surface area contributed by atoms with E-state index in [1.165, 1.54) is 11.3 Å². The van der Waals surface area contributed by atoms with Crippen LogP contribution >= 0.6 is 11.3 Å². The fraction of sp³-hybridized carbons (Fsp3) is 0.192. The van der Waals surface area contributed by atoms with Crippen LogP contribution in [0.2, 0.25) is 0 Å². The minimum absolute atomic E-state index is 0.204. The SMILES string of the molecule is C=CCN(C(=O)c1ccc(OCc2c(C)noc2C)c(OC)c1)c1nc(-c2ccccc2)cs1. The molecule has 0 spiro atoms. The fourth-order valence-corrected chi connectivity index (χ4v) is 4.28. The van der Waals surface area contributed by atoms with Gasteiger partial charge in [-0.1, -0.05) is 41.6 Å². The van der Waals surface area contributed by atoms with E-state index in [1.54, 1.807) is 36.3 Å². The molecule has 34 heavy (non-hydrogen) atoms. The maximum Gasteiger partial charge on any atom is 0.260 e. The molecule has 0 fully saturated rings. The molecule has 7 nitrogen and oxygen atoms in total. The molecule has 0 atom stereocenters. The third-order valence-electron chi connectivity index (χ3n) is 5.31. The van der Waals surface area contributed by atoms with Gasteiger partial charge in [-0.15, -0.1) is 17.9 Å². The molecule has 0 unspecified atom stereocenters. The zero-order valence-corrected chi connectivity index (χ0v) is 20.1. The van der Waals surface area contributed by atoms with E-state index in [-0.39, 0.29) is 12.5 Å². The summed E-state index contributed by atoms with van der Waals surface area (Å²) in [6.45, 7) is 8.12. The molecule has 0 radical (unpaired) electrons. The van der Waals surface area contributed by atoms with E-state index in [4.69, 9.17) is 14.0 Å². The third-order valence-corrected chi connectivity index (χ3v) is 6.18. The van der Waals surface area contributed by atoms with E-state index < -0.39 is 0 Å². The molecule has 0 saturated heterocycles. The molecule has 4 rings (SSSR count). The smallest absolute Gasteiger partial charge is 0.260 e. The van der Waals surface area contributed by atoms with E-state index >= 15 is 0 Å². The summed E-state index contributed by atoms with van der Waals surface area (Å²) in [5, 5.41) is 6.49. The van der Waals surface area contributed by atoms with Crippen molar-refractivity contribution in [3.8, 4) is 22.8 Å². The number of carbonyl (C=O) groups is 1. The van der Waals surface area contributed by atoms with Gasteiger partial charge in [-0.05, 0) is 32.0 Å². The molecule has 0 aliphatic heterocycles. The van der Waals surface area contributed by atoms with Crippen LogP contribution in [0, 0.1) is 13.8 Å². The number of ether oxygens (including phenoxy) is 2. The predicted octanol–water partition coefficient (Wildman–Crippen LogP) is 5.84. The zero-order chi connectivity index (χ0) is 24.1. The van der Waals surface area contributed by atoms with Gasteiger partial charge >= 0.3 is 0 Å². The van der Waals surface area contributed by atoms with Gasteiger partial charge in [0.2, 0.25) is 0 Å². The molecule has 0 aliphatic rings. The van der Waals surface area contributed by atoms with Crippen molar-refractivity contribution in [3.63, 3.8) is 0 Å². The first kappa shape index (κ1) is 23.3. The van der Waals surface area contributed by atoms with Gasteiger partial charge in [0.25, 0.3) is 5.91 Å². The highest BCUT2D eigenvalue weighted by molar-refractivity contribution is 7.14. The second kappa shape index (κ2) is 10.4. The van der Waals surface area contributed by atoms with E-state index in [1.807, 2.05) is 49.6 Å². The molecule has 0 N–H and O–H groups in total. The summed E-state index contributed by atoms with van der Waals surface area (Å²) in [5.41, 5.74) is 3.94. The summed E-state index contributed by atoms with van der Waals surface area (Å²) < 4.78 is 16.6. The Morgan fingerprint density at radius 1 is 1.18 bits per heavy atom. The lowest BCUT2D eigenvalue weighted by Gasteiger charge is -2.19. The van der Waals surface area contributed by atoms with Gasteiger partial charge in [-0.2, -0.15) is 0 Å². The number of carbonyl (C=O) groups excluding carboxylic acids is 1. The van der Waals surface area contributed by atoms with Gasteiger partial charge in [0.15, 0.2) is 16.6 Å². The largest absolute Gasteiger partial charge is 0.493 e. The lowest BCUT2D eigenvalue weighted by molar-refractivity contribution is 0.0989. The van der Waals surface area contributed by atoms with Crippen molar-refractivity contribution in [2.45, 2.75) is 20.5 Å². The summed E-state index contributed by atoms with van der Waals surface area (Å²) in [5.74, 6) is 1.49. The molecule has 0 bridgehead atoms. The lowest BCUT2D eigenvalue weighted by atomic mass is 10.1. The first-order valence-corrected chi connectivity index (χ1v) is 11.6. The molecule has 4 aromatic rings. The number of hydrogen-bond acceptors (Lipinski definition) is 7. The monoisotopic (exact) mass is 475 g/mol. The number of thiazole rings is 1. The molecule has 174 valence electrons. The summed E-state index contributed by atoms with van der Waals surface area (Å²) in [6.07, 6.45) is 1.68. The Balaban J connectivity index is 1.56. The molecule has 0 aliphatic carbocycles. The normalized spacial score (nSPS) is 10.7. The van der Waals surface area contributed by atoms with Crippen molar-refractivity contribution in [1.82, 2.24) is 10.1 Å². The first-order valence-electron chi connectivity index (χ1n) is 10.7. The molecule has 2 heterocycles. The van der Waals surface area contributed by atoms with Crippen molar-refractivity contribution in [3.05, 3.63) is 89.1 Å². The highest BCUT2D eigenvalue weighted by Gasteiger charge is 2.22. The van der Waals surface area contributed by atoms with Crippen molar-refractivity contribution < 1.29 is 18.8 Å². The fourth-order valence-electron chi connectivity index (χ4n) is 3.44. The number of methoxy groups -OCH3 is 1. The van der Waals surface area contributed by atoms with E-state index in [0.717, 1.165) is 22.5 Å². The van der Waals surface area contributed by atoms with Crippen molar-refractivity contribution in [2.24, 2.45) is 0 Å². The second-order valence-electron chi connectivity index (χ2n) is 7.54. The summed E-state index contributed by atoms with van der Waals surface area (Å²) in [6, 6.07) is 15.0. The quantitative estimate of drug-likeness (QED) is 0.283. The van der Waals surface area contributed by atoms with Crippen molar-refractivity contribution in [1.29, 1.82) is 0 Å². The van der Waals surface area contributed by atoms with Crippen LogP contribution in [0.15, 0.2) is 71.1 Å². The van der Waals surface area contributed by atoms with Crippen LogP contribution in [0.5, 0.6) is 11.5 Å². The van der Waals surface area contributed by atoms with Crippen molar-refractivity contribution in [2.75, 3.05) is 18.6 Å². The van der Waals surface area contributed by atoms with E-state index in [2.05, 4.69) is 16.7 Å². The number of amides is 1. The van der Waals surface area contributed by atoms with Crippen LogP contribution in [0.25, 0.3) is 11.3 Å². The van der Waals surface area contributed by atoms with E-state index in [9.17, 15) is 4.79 Å². The number of aromatic nitrogens is 2. The van der Waals surface area contributed by atoms with Crippen LogP contribution in [0.4, 0.5) is 5.13 Å². The predicted molar refractivity (Wildman–Crippen MR) is 133 cm³/mol. The number of hydrogen-bond donors (Lipinski definition) is 0. The van der Waals surface area contributed by atoms with Gasteiger partial charge in [0.05, 0.1) is 24.1 Å². The lowest BCUT2D eigenvalue weighted by Crippen LogP contribution is -2.31. The number of benzene rings is 2. The molecule has 2 aromatic carbocycles. The number of rotatable bonds is 9. The molecular weight excluding hydrogens is 450 g/mol. The third kappa shape index (κ3) is 4.87. The highest BCUT2D eigenvalue weighted by Crippen LogP contribution is 2.32. The van der Waals surface area contributed by atoms with Gasteiger partial charge in [-0.3, -0.25) is 9.69 Å². The zero-order valence-electron chi connectivity index (χ0n) is 19.3. The van der Waals surface area contributed by atoms with Gasteiger partial charge in [-0.25, -0.2) is 4.98 Å². The van der Waals surface area contributed by atoms with Crippen LogP contribution in [-0.2, 0) is 6.61 Å². The maximum absolute atomic E-state index is 13.4. The maximum atomic E-state index is 13.4. The van der Waals surface area contributed by atoms with Gasteiger partial charge in [0.1, 0.15) is 12.4 Å². The topological polar surface area (TPSA) is 77.7 Å². The van der Waals surface area contributed by atoms with Crippen LogP contribution in [0.1, 0.15) is 27.4 Å². The Labute approximate surface area is 202 Å².